The van der Waals surface area contributed by atoms with Gasteiger partial charge >= 0.3 is 0 Å². The summed E-state index contributed by atoms with van der Waals surface area (Å²) in [5.74, 6) is -4.41. The Bertz CT molecular complexity index is 3750. The largest absolute Gasteiger partial charge is 0.503 e. The molecule has 8 nitrogen and oxygen atoms in total. The monoisotopic (exact) mass is 779 g/mol. The van der Waals surface area contributed by atoms with Gasteiger partial charge in [0.2, 0.25) is 17.2 Å². The molecule has 0 aliphatic carbocycles. The molecule has 3 heterocycles. The first-order chi connectivity index (χ1) is 29.4. The Morgan fingerprint density at radius 2 is 0.883 bits per heavy atom. The first-order valence-corrected chi connectivity index (χ1v) is 19.7. The predicted octanol–water partition coefficient (Wildman–Crippen LogP) is 12.3. The van der Waals surface area contributed by atoms with Crippen LogP contribution in [-0.2, 0) is 0 Å². The van der Waals surface area contributed by atoms with Crippen LogP contribution >= 0.6 is 0 Å². The number of benzene rings is 9. The van der Waals surface area contributed by atoms with E-state index >= 15 is 0 Å². The van der Waals surface area contributed by atoms with Gasteiger partial charge in [-0.3, -0.25) is 0 Å². The van der Waals surface area contributed by atoms with Gasteiger partial charge in [-0.25, -0.2) is 0 Å². The van der Waals surface area contributed by atoms with Crippen molar-refractivity contribution in [3.8, 4) is 56.9 Å². The van der Waals surface area contributed by atoms with Crippen molar-refractivity contribution in [3.05, 3.63) is 170 Å². The molecule has 286 valence electrons. The Morgan fingerprint density at radius 1 is 0.317 bits per heavy atom. The molecule has 9 aromatic carbocycles. The number of aromatic nitrogens is 3. The Balaban J connectivity index is 1.12. The van der Waals surface area contributed by atoms with Crippen LogP contribution < -0.4 is 0 Å². The highest BCUT2D eigenvalue weighted by molar-refractivity contribution is 6.21. The number of nitrogens with zero attached hydrogens (tertiary/aromatic N) is 3. The molecule has 60 heavy (non-hydrogen) atoms. The molecule has 0 aliphatic rings. The molecule has 0 amide bonds. The van der Waals surface area contributed by atoms with Crippen LogP contribution in [0.1, 0.15) is 0 Å². The minimum absolute atomic E-state index is 0.253. The van der Waals surface area contributed by atoms with Crippen LogP contribution in [0.5, 0.6) is 28.7 Å². The van der Waals surface area contributed by atoms with Crippen molar-refractivity contribution in [2.75, 3.05) is 0 Å². The normalized spacial score (nSPS) is 12.0. The second kappa shape index (κ2) is 12.3. The molecule has 5 N–H and O–H groups in total. The van der Waals surface area contributed by atoms with Gasteiger partial charge in [-0.15, -0.1) is 0 Å². The van der Waals surface area contributed by atoms with E-state index in [0.717, 1.165) is 76.9 Å². The van der Waals surface area contributed by atoms with E-state index in [1.807, 2.05) is 60.7 Å². The third-order valence-corrected chi connectivity index (χ3v) is 12.2. The minimum atomic E-state index is -1.01. The quantitative estimate of drug-likeness (QED) is 0.0901. The lowest BCUT2D eigenvalue weighted by atomic mass is 9.98. The van der Waals surface area contributed by atoms with E-state index in [2.05, 4.69) is 118 Å². The van der Waals surface area contributed by atoms with Crippen molar-refractivity contribution in [3.63, 3.8) is 0 Å². The molecule has 0 aliphatic heterocycles. The number of fused-ring (bicyclic) bond motifs is 11. The predicted molar refractivity (Wildman–Crippen MR) is 241 cm³/mol. The molecular formula is C52H33N3O5. The van der Waals surface area contributed by atoms with Gasteiger partial charge in [0, 0.05) is 49.1 Å². The molecule has 0 radical (unpaired) electrons. The zero-order valence-corrected chi connectivity index (χ0v) is 31.7. The van der Waals surface area contributed by atoms with E-state index < -0.39 is 28.7 Å². The second-order valence-corrected chi connectivity index (χ2v) is 15.3. The van der Waals surface area contributed by atoms with E-state index in [1.165, 1.54) is 10.8 Å². The summed E-state index contributed by atoms with van der Waals surface area (Å²) >= 11 is 0. The fourth-order valence-electron chi connectivity index (χ4n) is 9.56. The van der Waals surface area contributed by atoms with Gasteiger partial charge < -0.3 is 39.2 Å². The van der Waals surface area contributed by atoms with Crippen molar-refractivity contribution in [1.82, 2.24) is 13.7 Å². The number of para-hydroxylation sites is 3. The van der Waals surface area contributed by atoms with Crippen molar-refractivity contribution < 1.29 is 25.5 Å². The van der Waals surface area contributed by atoms with Crippen LogP contribution in [0.15, 0.2) is 170 Å². The van der Waals surface area contributed by atoms with Crippen molar-refractivity contribution in [2.45, 2.75) is 0 Å². The molecule has 0 saturated heterocycles. The number of phenols is 5. The summed E-state index contributed by atoms with van der Waals surface area (Å²) in [6.07, 6.45) is 0. The SMILES string of the molecule is Oc1c(O)c(O)c(-n2c3ccc(-n4c5ccccc5c5c(-c6ccc7c(c6)c6ccccc6n7-c6ccccc6)cccc54)cc3c3ccc4ccccc4c32)c(O)c1O. The first-order valence-electron chi connectivity index (χ1n) is 19.7. The molecule has 0 atom stereocenters. The fraction of sp³-hybridized carbons (Fsp3) is 0. The van der Waals surface area contributed by atoms with Crippen molar-refractivity contribution in [2.24, 2.45) is 0 Å². The zero-order chi connectivity index (χ0) is 40.4. The van der Waals surface area contributed by atoms with Crippen molar-refractivity contribution in [1.29, 1.82) is 0 Å². The minimum Gasteiger partial charge on any atom is -0.503 e. The molecule has 8 heteroatoms. The van der Waals surface area contributed by atoms with Gasteiger partial charge in [-0.05, 0) is 77.2 Å². The molecule has 12 aromatic rings. The third kappa shape index (κ3) is 4.49. The Kier molecular flexibility index (Phi) is 6.93. The third-order valence-electron chi connectivity index (χ3n) is 12.2. The fourth-order valence-corrected chi connectivity index (χ4v) is 9.56. The molecule has 0 saturated carbocycles. The second-order valence-electron chi connectivity index (χ2n) is 15.3. The topological polar surface area (TPSA) is 116 Å². The van der Waals surface area contributed by atoms with Gasteiger partial charge in [0.05, 0.1) is 33.1 Å². The summed E-state index contributed by atoms with van der Waals surface area (Å²) < 4.78 is 6.23. The average Bonchev–Trinajstić information content (AvgIpc) is 3.93. The maximum Gasteiger partial charge on any atom is 0.208 e. The summed E-state index contributed by atoms with van der Waals surface area (Å²) in [6.45, 7) is 0. The van der Waals surface area contributed by atoms with Crippen LogP contribution in [0.2, 0.25) is 0 Å². The van der Waals surface area contributed by atoms with Crippen LogP contribution in [0.3, 0.4) is 0 Å². The van der Waals surface area contributed by atoms with Crippen LogP contribution in [0.25, 0.3) is 104 Å². The Hall–Kier alpha value is -8.36. The molecule has 0 unspecified atom stereocenters. The maximum absolute atomic E-state index is 11.3. The summed E-state index contributed by atoms with van der Waals surface area (Å²) in [4.78, 5) is 0. The van der Waals surface area contributed by atoms with E-state index in [0.29, 0.717) is 11.0 Å². The van der Waals surface area contributed by atoms with Gasteiger partial charge in [-0.1, -0.05) is 109 Å². The van der Waals surface area contributed by atoms with Gasteiger partial charge in [0.1, 0.15) is 5.69 Å². The number of rotatable bonds is 4. The van der Waals surface area contributed by atoms with Crippen LogP contribution in [0.4, 0.5) is 0 Å². The number of hydrogen-bond donors (Lipinski definition) is 5. The van der Waals surface area contributed by atoms with E-state index in [1.54, 1.807) is 4.57 Å². The van der Waals surface area contributed by atoms with E-state index in [9.17, 15) is 25.5 Å². The van der Waals surface area contributed by atoms with Crippen LogP contribution in [-0.4, -0.2) is 39.2 Å². The summed E-state index contributed by atoms with van der Waals surface area (Å²) in [5.41, 5.74) is 9.56. The average molecular weight is 780 g/mol. The summed E-state index contributed by atoms with van der Waals surface area (Å²) in [6, 6.07) is 58.5. The summed E-state index contributed by atoms with van der Waals surface area (Å²) in [5, 5.41) is 62.1. The lowest BCUT2D eigenvalue weighted by Gasteiger charge is -2.16. The summed E-state index contributed by atoms with van der Waals surface area (Å²) in [7, 11) is 0. The number of hydrogen-bond acceptors (Lipinski definition) is 5. The van der Waals surface area contributed by atoms with Gasteiger partial charge in [-0.2, -0.15) is 0 Å². The molecule has 3 aromatic heterocycles. The van der Waals surface area contributed by atoms with Gasteiger partial charge in [0.25, 0.3) is 0 Å². The van der Waals surface area contributed by atoms with E-state index in [4.69, 9.17) is 0 Å². The lowest BCUT2D eigenvalue weighted by molar-refractivity contribution is 0.327. The Morgan fingerprint density at radius 3 is 1.67 bits per heavy atom. The van der Waals surface area contributed by atoms with E-state index in [-0.39, 0.29) is 5.69 Å². The molecular weight excluding hydrogens is 747 g/mol. The highest BCUT2D eigenvalue weighted by atomic mass is 16.4. The van der Waals surface area contributed by atoms with Crippen LogP contribution in [0, 0.1) is 0 Å². The maximum atomic E-state index is 11.3. The number of phenolic OH excluding ortho intramolecular Hbond substituents is 5. The standard InChI is InChI=1S/C52H33N3O5/c56-48-47(49(57)51(59)52(60)50(48)58)55-43-26-23-32(28-39(43)36-24-21-29-11-4-5-14-34(29)46(36)55)54-41-19-9-7-16-37(41)45-33(17-10-20-44(45)54)30-22-25-42-38(27-30)35-15-6-8-18-40(35)53(42)31-12-2-1-3-13-31/h1-28,56-60H. The smallest absolute Gasteiger partial charge is 0.208 e. The highest BCUT2D eigenvalue weighted by Crippen LogP contribution is 2.54. The first kappa shape index (κ1) is 33.7. The van der Waals surface area contributed by atoms with Gasteiger partial charge in [0.15, 0.2) is 11.5 Å². The molecule has 0 fully saturated rings. The molecule has 12 rings (SSSR count). The highest BCUT2D eigenvalue weighted by Gasteiger charge is 2.28. The zero-order valence-electron chi connectivity index (χ0n) is 31.7. The molecule has 0 bridgehead atoms. The number of aromatic hydroxyl groups is 5. The van der Waals surface area contributed by atoms with Crippen molar-refractivity contribution >= 4 is 76.2 Å². The lowest BCUT2D eigenvalue weighted by Crippen LogP contribution is -1.98. The Labute approximate surface area is 341 Å². The molecule has 0 spiro atoms.